The zero-order chi connectivity index (χ0) is 13.1. The first-order chi connectivity index (χ1) is 8.59. The van der Waals surface area contributed by atoms with Crippen molar-refractivity contribution in [3.05, 3.63) is 0 Å². The fraction of sp³-hybridized carbons (Fsp3) is 0.818. The van der Waals surface area contributed by atoms with Gasteiger partial charge in [0, 0.05) is 5.25 Å². The second kappa shape index (κ2) is 5.69. The van der Waals surface area contributed by atoms with Gasteiger partial charge in [0.15, 0.2) is 0 Å². The Morgan fingerprint density at radius 2 is 2.11 bits per heavy atom. The SMILES string of the molecule is CC(Sc1nnnn1C1CCCC1)C(C)C(=O)O. The summed E-state index contributed by atoms with van der Waals surface area (Å²) in [5, 5.41) is 21.5. The molecule has 0 amide bonds. The maximum atomic E-state index is 10.9. The van der Waals surface area contributed by atoms with Crippen molar-refractivity contribution < 1.29 is 9.90 Å². The molecule has 100 valence electrons. The Morgan fingerprint density at radius 1 is 1.44 bits per heavy atom. The van der Waals surface area contributed by atoms with Gasteiger partial charge in [0.1, 0.15) is 0 Å². The Bertz CT molecular complexity index is 417. The maximum Gasteiger partial charge on any atom is 0.307 e. The standard InChI is InChI=1S/C11H18N4O2S/c1-7(10(16)17)8(2)18-11-12-13-14-15(11)9-5-3-4-6-9/h7-9H,3-6H2,1-2H3,(H,16,17). The van der Waals surface area contributed by atoms with Crippen molar-refractivity contribution in [2.75, 3.05) is 0 Å². The molecule has 0 spiro atoms. The molecule has 0 bridgehead atoms. The largest absolute Gasteiger partial charge is 0.481 e. The van der Waals surface area contributed by atoms with Gasteiger partial charge in [-0.05, 0) is 23.3 Å². The van der Waals surface area contributed by atoms with Crippen molar-refractivity contribution in [2.45, 2.75) is 56.0 Å². The van der Waals surface area contributed by atoms with Gasteiger partial charge < -0.3 is 5.11 Å². The Morgan fingerprint density at radius 3 is 2.72 bits per heavy atom. The van der Waals surface area contributed by atoms with Gasteiger partial charge in [0.05, 0.1) is 12.0 Å². The molecule has 2 rings (SSSR count). The van der Waals surface area contributed by atoms with E-state index in [-0.39, 0.29) is 5.25 Å². The quantitative estimate of drug-likeness (QED) is 0.824. The highest BCUT2D eigenvalue weighted by Crippen LogP contribution is 2.33. The fourth-order valence-electron chi connectivity index (χ4n) is 2.11. The lowest BCUT2D eigenvalue weighted by molar-refractivity contribution is -0.140. The minimum absolute atomic E-state index is 0.0475. The number of hydrogen-bond acceptors (Lipinski definition) is 5. The highest BCUT2D eigenvalue weighted by atomic mass is 32.2. The first kappa shape index (κ1) is 13.3. The van der Waals surface area contributed by atoms with Gasteiger partial charge in [-0.25, -0.2) is 4.68 Å². The van der Waals surface area contributed by atoms with Crippen molar-refractivity contribution >= 4 is 17.7 Å². The van der Waals surface area contributed by atoms with E-state index < -0.39 is 11.9 Å². The summed E-state index contributed by atoms with van der Waals surface area (Å²) in [6, 6.07) is 0.384. The van der Waals surface area contributed by atoms with Crippen molar-refractivity contribution in [1.29, 1.82) is 0 Å². The Kier molecular flexibility index (Phi) is 4.21. The van der Waals surface area contributed by atoms with Crippen LogP contribution in [0.25, 0.3) is 0 Å². The number of thioether (sulfide) groups is 1. The lowest BCUT2D eigenvalue weighted by Gasteiger charge is -2.16. The van der Waals surface area contributed by atoms with Crippen molar-refractivity contribution in [1.82, 2.24) is 20.2 Å². The van der Waals surface area contributed by atoms with Crippen LogP contribution in [0.5, 0.6) is 0 Å². The van der Waals surface area contributed by atoms with Crippen LogP contribution >= 0.6 is 11.8 Å². The normalized spacial score (nSPS) is 19.9. The van der Waals surface area contributed by atoms with E-state index in [9.17, 15) is 4.79 Å². The van der Waals surface area contributed by atoms with Gasteiger partial charge in [-0.2, -0.15) is 0 Å². The van der Waals surface area contributed by atoms with Crippen LogP contribution in [-0.4, -0.2) is 36.5 Å². The fourth-order valence-corrected chi connectivity index (χ4v) is 3.14. The summed E-state index contributed by atoms with van der Waals surface area (Å²) >= 11 is 1.45. The monoisotopic (exact) mass is 270 g/mol. The lowest BCUT2D eigenvalue weighted by Crippen LogP contribution is -2.21. The molecule has 0 saturated heterocycles. The molecule has 1 N–H and O–H groups in total. The van der Waals surface area contributed by atoms with Crippen molar-refractivity contribution in [3.8, 4) is 0 Å². The van der Waals surface area contributed by atoms with Crippen LogP contribution in [0.15, 0.2) is 5.16 Å². The summed E-state index contributed by atoms with van der Waals surface area (Å²) in [7, 11) is 0. The molecule has 0 aliphatic heterocycles. The second-order valence-electron chi connectivity index (χ2n) is 4.79. The third-order valence-electron chi connectivity index (χ3n) is 3.52. The number of aromatic nitrogens is 4. The van der Waals surface area contributed by atoms with E-state index in [1.165, 1.54) is 24.6 Å². The molecule has 1 aromatic heterocycles. The number of carboxylic acid groups (broad SMARTS) is 1. The van der Waals surface area contributed by atoms with Crippen LogP contribution < -0.4 is 0 Å². The van der Waals surface area contributed by atoms with Crippen LogP contribution in [0, 0.1) is 5.92 Å². The molecule has 0 radical (unpaired) electrons. The maximum absolute atomic E-state index is 10.9. The van der Waals surface area contributed by atoms with E-state index in [0.717, 1.165) is 18.0 Å². The van der Waals surface area contributed by atoms with E-state index in [1.54, 1.807) is 6.92 Å². The van der Waals surface area contributed by atoms with Gasteiger partial charge in [-0.15, -0.1) is 5.10 Å². The highest BCUT2D eigenvalue weighted by Gasteiger charge is 2.26. The van der Waals surface area contributed by atoms with Crippen molar-refractivity contribution in [3.63, 3.8) is 0 Å². The zero-order valence-electron chi connectivity index (χ0n) is 10.6. The molecule has 0 aromatic carbocycles. The number of carboxylic acids is 1. The average molecular weight is 270 g/mol. The lowest BCUT2D eigenvalue weighted by atomic mass is 10.1. The summed E-state index contributed by atoms with van der Waals surface area (Å²) in [6.07, 6.45) is 4.66. The molecular weight excluding hydrogens is 252 g/mol. The number of carbonyl (C=O) groups is 1. The molecule has 1 fully saturated rings. The smallest absolute Gasteiger partial charge is 0.307 e. The number of hydrogen-bond donors (Lipinski definition) is 1. The number of aliphatic carboxylic acids is 1. The third-order valence-corrected chi connectivity index (χ3v) is 4.78. The Labute approximate surface area is 110 Å². The molecule has 2 unspecified atom stereocenters. The molecule has 6 nitrogen and oxygen atoms in total. The third kappa shape index (κ3) is 2.82. The summed E-state index contributed by atoms with van der Waals surface area (Å²) in [5.74, 6) is -1.20. The van der Waals surface area contributed by atoms with E-state index in [4.69, 9.17) is 5.11 Å². The van der Waals surface area contributed by atoms with E-state index in [0.29, 0.717) is 6.04 Å². The average Bonchev–Trinajstić information content (AvgIpc) is 2.96. The predicted octanol–water partition coefficient (Wildman–Crippen LogP) is 1.99. The van der Waals surface area contributed by atoms with Crippen LogP contribution in [0.4, 0.5) is 0 Å². The molecule has 1 aliphatic carbocycles. The van der Waals surface area contributed by atoms with Gasteiger partial charge in [-0.1, -0.05) is 38.5 Å². The summed E-state index contributed by atoms with van der Waals surface area (Å²) in [4.78, 5) is 10.9. The molecule has 1 aliphatic rings. The summed E-state index contributed by atoms with van der Waals surface area (Å²) in [5.41, 5.74) is 0. The van der Waals surface area contributed by atoms with Gasteiger partial charge in [0.25, 0.3) is 0 Å². The molecule has 1 saturated carbocycles. The Balaban J connectivity index is 2.05. The van der Waals surface area contributed by atoms with Crippen molar-refractivity contribution in [2.24, 2.45) is 5.92 Å². The second-order valence-corrected chi connectivity index (χ2v) is 6.14. The van der Waals surface area contributed by atoms with E-state index in [2.05, 4.69) is 15.5 Å². The van der Waals surface area contributed by atoms with Gasteiger partial charge in [0.2, 0.25) is 5.16 Å². The van der Waals surface area contributed by atoms with Gasteiger partial charge >= 0.3 is 5.97 Å². The van der Waals surface area contributed by atoms with E-state index in [1.807, 2.05) is 11.6 Å². The summed E-state index contributed by atoms with van der Waals surface area (Å²) < 4.78 is 1.86. The molecule has 1 heterocycles. The Hall–Kier alpha value is -1.11. The topological polar surface area (TPSA) is 80.9 Å². The molecule has 1 aromatic rings. The van der Waals surface area contributed by atoms with Crippen LogP contribution in [-0.2, 0) is 4.79 Å². The molecule has 2 atom stereocenters. The zero-order valence-corrected chi connectivity index (χ0v) is 11.4. The number of tetrazole rings is 1. The minimum atomic E-state index is -0.783. The minimum Gasteiger partial charge on any atom is -0.481 e. The van der Waals surface area contributed by atoms with Crippen LogP contribution in [0.3, 0.4) is 0 Å². The number of nitrogens with zero attached hydrogens (tertiary/aromatic N) is 4. The van der Waals surface area contributed by atoms with Crippen LogP contribution in [0.1, 0.15) is 45.6 Å². The van der Waals surface area contributed by atoms with E-state index >= 15 is 0 Å². The highest BCUT2D eigenvalue weighted by molar-refractivity contribution is 7.99. The molecule has 18 heavy (non-hydrogen) atoms. The van der Waals surface area contributed by atoms with Gasteiger partial charge in [-0.3, -0.25) is 4.79 Å². The first-order valence-electron chi connectivity index (χ1n) is 6.27. The molecule has 7 heteroatoms. The predicted molar refractivity (Wildman–Crippen MR) is 67.4 cm³/mol. The van der Waals surface area contributed by atoms with Crippen LogP contribution in [0.2, 0.25) is 0 Å². The number of rotatable bonds is 5. The molecular formula is C11H18N4O2S. The first-order valence-corrected chi connectivity index (χ1v) is 7.15. The summed E-state index contributed by atoms with van der Waals surface area (Å²) in [6.45, 7) is 3.61.